The van der Waals surface area contributed by atoms with E-state index in [1.807, 2.05) is 23.5 Å². The highest BCUT2D eigenvalue weighted by molar-refractivity contribution is 8.00. The molecule has 3 heterocycles. The summed E-state index contributed by atoms with van der Waals surface area (Å²) in [6.45, 7) is 0. The first-order valence-electron chi connectivity index (χ1n) is 19.0. The second kappa shape index (κ2) is 12.2. The Balaban J connectivity index is 1.11. The number of allylic oxidation sites excluding steroid dienone is 3. The van der Waals surface area contributed by atoms with Gasteiger partial charge in [-0.15, -0.1) is 0 Å². The Bertz CT molecular complexity index is 2450. The molecule has 0 amide bonds. The van der Waals surface area contributed by atoms with Crippen LogP contribution in [0.15, 0.2) is 177 Å². The van der Waals surface area contributed by atoms with Crippen molar-refractivity contribution in [1.29, 1.82) is 0 Å². The number of anilines is 1. The Labute approximate surface area is 315 Å². The molecule has 6 aromatic carbocycles. The van der Waals surface area contributed by atoms with E-state index in [1.54, 1.807) is 5.70 Å². The van der Waals surface area contributed by atoms with Crippen molar-refractivity contribution in [2.45, 2.75) is 75.5 Å². The predicted octanol–water partition coefficient (Wildman–Crippen LogP) is 13.4. The third kappa shape index (κ3) is 4.58. The fraction of sp³-hybridized carbons (Fsp3) is 0.184. The van der Waals surface area contributed by atoms with Crippen molar-refractivity contribution in [3.8, 4) is 22.3 Å². The van der Waals surface area contributed by atoms with Crippen LogP contribution in [0.3, 0.4) is 0 Å². The van der Waals surface area contributed by atoms with Crippen molar-refractivity contribution in [2.24, 2.45) is 0 Å². The minimum absolute atomic E-state index is 0.429. The molecule has 3 heteroatoms. The molecule has 52 heavy (non-hydrogen) atoms. The molecule has 6 aromatic rings. The third-order valence-electron chi connectivity index (χ3n) is 12.2. The molecule has 252 valence electrons. The van der Waals surface area contributed by atoms with E-state index < -0.39 is 5.41 Å². The van der Waals surface area contributed by atoms with Crippen LogP contribution in [0, 0.1) is 0 Å². The molecule has 0 radical (unpaired) electrons. The lowest BCUT2D eigenvalue weighted by atomic mass is 9.64. The molecule has 2 aliphatic carbocycles. The van der Waals surface area contributed by atoms with E-state index in [4.69, 9.17) is 0 Å². The van der Waals surface area contributed by atoms with Gasteiger partial charge in [-0.25, -0.2) is 0 Å². The van der Waals surface area contributed by atoms with Crippen LogP contribution in [0.2, 0.25) is 0 Å². The maximum absolute atomic E-state index is 2.75. The van der Waals surface area contributed by atoms with Crippen LogP contribution in [-0.2, 0) is 5.41 Å². The van der Waals surface area contributed by atoms with Gasteiger partial charge in [0.15, 0.2) is 0 Å². The number of hydrogen-bond acceptors (Lipinski definition) is 3. The average Bonchev–Trinajstić information content (AvgIpc) is 3.55. The molecule has 0 bridgehead atoms. The quantitative estimate of drug-likeness (QED) is 0.169. The Hall–Kier alpha value is -4.70. The Morgan fingerprint density at radius 2 is 1.21 bits per heavy atom. The van der Waals surface area contributed by atoms with Crippen LogP contribution in [0.25, 0.3) is 22.3 Å². The van der Waals surface area contributed by atoms with Crippen LogP contribution < -0.4 is 4.90 Å². The number of fused-ring (bicyclic) bond motifs is 11. The molecule has 3 unspecified atom stereocenters. The van der Waals surface area contributed by atoms with Crippen molar-refractivity contribution >= 4 is 29.2 Å². The van der Waals surface area contributed by atoms with E-state index in [1.165, 1.54) is 114 Å². The minimum Gasteiger partial charge on any atom is -0.341 e. The Kier molecular flexibility index (Phi) is 7.24. The first kappa shape index (κ1) is 30.9. The van der Waals surface area contributed by atoms with E-state index in [9.17, 15) is 0 Å². The molecule has 0 fully saturated rings. The van der Waals surface area contributed by atoms with Crippen molar-refractivity contribution in [2.75, 3.05) is 4.90 Å². The zero-order valence-corrected chi connectivity index (χ0v) is 30.7. The monoisotopic (exact) mass is 705 g/mol. The van der Waals surface area contributed by atoms with Gasteiger partial charge >= 0.3 is 0 Å². The molecule has 5 aliphatic rings. The maximum Gasteiger partial charge on any atom is 0.0745 e. The van der Waals surface area contributed by atoms with Gasteiger partial charge in [0.05, 0.1) is 5.41 Å². The molecular formula is C49H39NS2. The second-order valence-electron chi connectivity index (χ2n) is 14.9. The van der Waals surface area contributed by atoms with E-state index in [0.717, 1.165) is 0 Å². The lowest BCUT2D eigenvalue weighted by Gasteiger charge is -2.45. The lowest BCUT2D eigenvalue weighted by molar-refractivity contribution is 0.535. The van der Waals surface area contributed by atoms with Crippen LogP contribution in [0.5, 0.6) is 0 Å². The van der Waals surface area contributed by atoms with Gasteiger partial charge in [0.25, 0.3) is 0 Å². The van der Waals surface area contributed by atoms with Crippen molar-refractivity contribution in [1.82, 2.24) is 0 Å². The van der Waals surface area contributed by atoms with E-state index in [2.05, 4.69) is 157 Å². The topological polar surface area (TPSA) is 3.24 Å². The summed E-state index contributed by atoms with van der Waals surface area (Å²) in [5.74, 6) is 0.487. The van der Waals surface area contributed by atoms with Gasteiger partial charge in [-0.1, -0.05) is 139 Å². The van der Waals surface area contributed by atoms with Gasteiger partial charge < -0.3 is 4.90 Å². The van der Waals surface area contributed by atoms with Gasteiger partial charge in [0, 0.05) is 42.9 Å². The fourth-order valence-electron chi connectivity index (χ4n) is 9.88. The largest absolute Gasteiger partial charge is 0.341 e. The number of nitrogens with zero attached hydrogens (tertiary/aromatic N) is 1. The molecule has 0 saturated heterocycles. The van der Waals surface area contributed by atoms with Gasteiger partial charge in [0.2, 0.25) is 0 Å². The number of rotatable bonds is 3. The highest BCUT2D eigenvalue weighted by Gasteiger charge is 2.49. The second-order valence-corrected chi connectivity index (χ2v) is 17.1. The van der Waals surface area contributed by atoms with Crippen LogP contribution in [0.4, 0.5) is 5.69 Å². The highest BCUT2D eigenvalue weighted by atomic mass is 32.2. The predicted molar refractivity (Wildman–Crippen MR) is 218 cm³/mol. The van der Waals surface area contributed by atoms with E-state index in [0.29, 0.717) is 12.0 Å². The summed E-state index contributed by atoms with van der Waals surface area (Å²) in [4.78, 5) is 8.11. The van der Waals surface area contributed by atoms with Crippen LogP contribution in [0.1, 0.15) is 72.3 Å². The summed E-state index contributed by atoms with van der Waals surface area (Å²) in [5, 5.41) is 0. The fourth-order valence-corrected chi connectivity index (χ4v) is 12.3. The first-order valence-corrected chi connectivity index (χ1v) is 20.6. The summed E-state index contributed by atoms with van der Waals surface area (Å²) in [6.07, 6.45) is 14.9. The summed E-state index contributed by atoms with van der Waals surface area (Å²) in [6, 6.07) is 51.6. The lowest BCUT2D eigenvalue weighted by Crippen LogP contribution is -2.36. The number of hydrogen-bond donors (Lipinski definition) is 0. The summed E-state index contributed by atoms with van der Waals surface area (Å²) >= 11 is 3.85. The molecule has 1 nitrogen and oxygen atoms in total. The van der Waals surface area contributed by atoms with Crippen molar-refractivity contribution in [3.63, 3.8) is 0 Å². The summed E-state index contributed by atoms with van der Waals surface area (Å²) in [7, 11) is 0. The van der Waals surface area contributed by atoms with E-state index >= 15 is 0 Å². The molecule has 3 aliphatic heterocycles. The Morgan fingerprint density at radius 1 is 0.538 bits per heavy atom. The Morgan fingerprint density at radius 3 is 2.02 bits per heavy atom. The smallest absolute Gasteiger partial charge is 0.0745 e. The minimum atomic E-state index is -0.429. The SMILES string of the molecule is C1=CC2c3ccc(-c4ccc5c(c4)Sc4ccccc4C54c5ccccc5Sc5ccc(-c6ccccc6)cc54)cc3N(C3=CCCCC3)C2CC1. The van der Waals surface area contributed by atoms with Gasteiger partial charge in [0.1, 0.15) is 0 Å². The average molecular weight is 706 g/mol. The maximum atomic E-state index is 2.75. The molecule has 1 spiro atoms. The van der Waals surface area contributed by atoms with Gasteiger partial charge in [-0.05, 0) is 125 Å². The standard InChI is InChI=1S/C49H39NS2/c1-3-13-32(14-4-1)33-25-28-47-42(29-33)49(39-18-8-11-21-45(39)51-47)40-19-9-12-22-46(40)52-48-31-35(24-27-41(48)49)34-23-26-38-37-17-7-10-20-43(37)50(44(38)30-34)36-15-5-2-6-16-36/h1,3-4,7-9,11-15,17-19,21-31,37,43H,2,5-6,10,16,20H2. The first-order chi connectivity index (χ1) is 25.8. The zero-order chi connectivity index (χ0) is 34.2. The van der Waals surface area contributed by atoms with E-state index in [-0.39, 0.29) is 0 Å². The number of benzene rings is 6. The molecular weight excluding hydrogens is 667 g/mol. The van der Waals surface area contributed by atoms with Crippen molar-refractivity contribution in [3.05, 3.63) is 185 Å². The van der Waals surface area contributed by atoms with Crippen molar-refractivity contribution < 1.29 is 0 Å². The summed E-state index contributed by atoms with van der Waals surface area (Å²) in [5.41, 5.74) is 14.7. The molecule has 0 aromatic heterocycles. The van der Waals surface area contributed by atoms with Crippen LogP contribution in [-0.4, -0.2) is 6.04 Å². The summed E-state index contributed by atoms with van der Waals surface area (Å²) < 4.78 is 0. The molecule has 3 atom stereocenters. The molecule has 0 N–H and O–H groups in total. The van der Waals surface area contributed by atoms with Gasteiger partial charge in [-0.2, -0.15) is 0 Å². The van der Waals surface area contributed by atoms with Gasteiger partial charge in [-0.3, -0.25) is 0 Å². The molecule has 11 rings (SSSR count). The van der Waals surface area contributed by atoms with Crippen LogP contribution >= 0.6 is 23.5 Å². The zero-order valence-electron chi connectivity index (χ0n) is 29.1. The third-order valence-corrected chi connectivity index (χ3v) is 14.5. The highest BCUT2D eigenvalue weighted by Crippen LogP contribution is 2.62. The molecule has 0 saturated carbocycles. The normalized spacial score (nSPS) is 22.1.